The molecule has 21 heavy (non-hydrogen) atoms. The van der Waals surface area contributed by atoms with Crippen LogP contribution in [0, 0.1) is 11.3 Å². The monoisotopic (exact) mass is 286 g/mol. The van der Waals surface area contributed by atoms with Crippen LogP contribution in [0.25, 0.3) is 0 Å². The highest BCUT2D eigenvalue weighted by atomic mass is 16.2. The van der Waals surface area contributed by atoms with E-state index in [4.69, 9.17) is 0 Å². The van der Waals surface area contributed by atoms with Crippen molar-refractivity contribution in [1.82, 2.24) is 10.6 Å². The highest BCUT2D eigenvalue weighted by Crippen LogP contribution is 2.30. The van der Waals surface area contributed by atoms with E-state index in [1.165, 1.54) is 0 Å². The van der Waals surface area contributed by atoms with Gasteiger partial charge in [-0.1, -0.05) is 6.07 Å². The minimum absolute atomic E-state index is 0.0544. The minimum atomic E-state index is -0.885. The molecule has 1 aliphatic heterocycles. The molecular formula is C15H18N4O2. The largest absolute Gasteiger partial charge is 0.347 e. The van der Waals surface area contributed by atoms with Crippen LogP contribution in [0.5, 0.6) is 0 Å². The van der Waals surface area contributed by atoms with E-state index in [1.807, 2.05) is 13.1 Å². The lowest BCUT2D eigenvalue weighted by molar-refractivity contribution is -0.135. The maximum Gasteiger partial charge on any atom is 0.251 e. The molecule has 0 spiro atoms. The number of benzene rings is 1. The Morgan fingerprint density at radius 1 is 1.43 bits per heavy atom. The average molecular weight is 286 g/mol. The van der Waals surface area contributed by atoms with Crippen molar-refractivity contribution < 1.29 is 9.59 Å². The number of carbonyl (C=O) groups is 2. The Hall–Kier alpha value is -2.39. The molecule has 1 aromatic rings. The molecular weight excluding hydrogens is 268 g/mol. The number of hydrogen-bond acceptors (Lipinski definition) is 5. The van der Waals surface area contributed by atoms with E-state index in [0.29, 0.717) is 17.8 Å². The number of carbonyl (C=O) groups excluding carboxylic acids is 2. The maximum absolute atomic E-state index is 12.0. The van der Waals surface area contributed by atoms with Gasteiger partial charge in [-0.25, -0.2) is 0 Å². The van der Waals surface area contributed by atoms with Crippen molar-refractivity contribution in [2.75, 3.05) is 18.5 Å². The SMILES string of the molecule is CNCc1ccc(N2CC(=O)NC(=O)C2(C)C)c(C#N)c1. The average Bonchev–Trinajstić information content (AvgIpc) is 2.43. The van der Waals surface area contributed by atoms with E-state index < -0.39 is 5.54 Å². The Bertz CT molecular complexity index is 631. The van der Waals surface area contributed by atoms with Gasteiger partial charge in [0, 0.05) is 6.54 Å². The standard InChI is InChI=1S/C15H18N4O2/c1-15(2)14(21)18-13(20)9-19(15)12-5-4-10(8-17-3)6-11(12)7-16/h4-6,17H,8-9H2,1-3H3,(H,18,20,21). The van der Waals surface area contributed by atoms with Crippen LogP contribution in [0.1, 0.15) is 25.0 Å². The minimum Gasteiger partial charge on any atom is -0.347 e. The zero-order valence-electron chi connectivity index (χ0n) is 12.4. The fourth-order valence-corrected chi connectivity index (χ4v) is 2.39. The van der Waals surface area contributed by atoms with Gasteiger partial charge in [0.1, 0.15) is 11.6 Å². The van der Waals surface area contributed by atoms with Gasteiger partial charge in [0.2, 0.25) is 5.91 Å². The van der Waals surface area contributed by atoms with Gasteiger partial charge in [0.25, 0.3) is 5.91 Å². The van der Waals surface area contributed by atoms with Gasteiger partial charge in [0.15, 0.2) is 0 Å². The highest BCUT2D eigenvalue weighted by Gasteiger charge is 2.41. The summed E-state index contributed by atoms with van der Waals surface area (Å²) in [5.74, 6) is -0.718. The molecule has 6 heteroatoms. The molecule has 0 aliphatic carbocycles. The van der Waals surface area contributed by atoms with Crippen LogP contribution in [-0.4, -0.2) is 30.9 Å². The number of anilines is 1. The molecule has 1 saturated heterocycles. The molecule has 0 saturated carbocycles. The smallest absolute Gasteiger partial charge is 0.251 e. The molecule has 2 amide bonds. The molecule has 0 radical (unpaired) electrons. The van der Waals surface area contributed by atoms with Crippen molar-refractivity contribution in [3.8, 4) is 6.07 Å². The number of nitrogens with one attached hydrogen (secondary N) is 2. The van der Waals surface area contributed by atoms with Crippen molar-refractivity contribution in [3.05, 3.63) is 29.3 Å². The maximum atomic E-state index is 12.0. The zero-order chi connectivity index (χ0) is 15.6. The van der Waals surface area contributed by atoms with E-state index in [2.05, 4.69) is 16.7 Å². The molecule has 1 aliphatic rings. The lowest BCUT2D eigenvalue weighted by Gasteiger charge is -2.42. The van der Waals surface area contributed by atoms with E-state index in [0.717, 1.165) is 5.56 Å². The van der Waals surface area contributed by atoms with Crippen LogP contribution in [0.4, 0.5) is 5.69 Å². The molecule has 6 nitrogen and oxygen atoms in total. The lowest BCUT2D eigenvalue weighted by Crippen LogP contribution is -2.64. The van der Waals surface area contributed by atoms with Crippen LogP contribution in [0.3, 0.4) is 0 Å². The van der Waals surface area contributed by atoms with E-state index in [1.54, 1.807) is 30.9 Å². The van der Waals surface area contributed by atoms with Gasteiger partial charge in [0.05, 0.1) is 17.8 Å². The number of imide groups is 1. The normalized spacial score (nSPS) is 17.3. The van der Waals surface area contributed by atoms with E-state index in [9.17, 15) is 14.9 Å². The zero-order valence-corrected chi connectivity index (χ0v) is 12.4. The number of rotatable bonds is 3. The number of nitriles is 1. The number of piperazine rings is 1. The van der Waals surface area contributed by atoms with Gasteiger partial charge < -0.3 is 10.2 Å². The second kappa shape index (κ2) is 5.54. The summed E-state index contributed by atoms with van der Waals surface area (Å²) in [6.45, 7) is 4.17. The molecule has 1 aromatic carbocycles. The van der Waals surface area contributed by atoms with Gasteiger partial charge in [-0.05, 0) is 38.6 Å². The molecule has 0 aromatic heterocycles. The number of nitrogens with zero attached hydrogens (tertiary/aromatic N) is 2. The summed E-state index contributed by atoms with van der Waals surface area (Å²) in [6, 6.07) is 7.60. The molecule has 2 N–H and O–H groups in total. The third-order valence-electron chi connectivity index (χ3n) is 3.64. The topological polar surface area (TPSA) is 85.2 Å². The van der Waals surface area contributed by atoms with Crippen molar-refractivity contribution >= 4 is 17.5 Å². The van der Waals surface area contributed by atoms with Crippen molar-refractivity contribution in [3.63, 3.8) is 0 Å². The fraction of sp³-hybridized carbons (Fsp3) is 0.400. The van der Waals surface area contributed by atoms with E-state index >= 15 is 0 Å². The predicted molar refractivity (Wildman–Crippen MR) is 78.5 cm³/mol. The van der Waals surface area contributed by atoms with Gasteiger partial charge in [-0.3, -0.25) is 14.9 Å². The molecule has 0 atom stereocenters. The van der Waals surface area contributed by atoms with Gasteiger partial charge >= 0.3 is 0 Å². The summed E-state index contributed by atoms with van der Waals surface area (Å²) in [5.41, 5.74) is 1.15. The van der Waals surface area contributed by atoms with Crippen LogP contribution < -0.4 is 15.5 Å². The lowest BCUT2D eigenvalue weighted by atomic mass is 9.96. The Kier molecular flexibility index (Phi) is 3.96. The van der Waals surface area contributed by atoms with Gasteiger partial charge in [-0.15, -0.1) is 0 Å². The van der Waals surface area contributed by atoms with Crippen molar-refractivity contribution in [2.24, 2.45) is 0 Å². The summed E-state index contributed by atoms with van der Waals surface area (Å²) in [6.07, 6.45) is 0. The Balaban J connectivity index is 2.47. The summed E-state index contributed by atoms with van der Waals surface area (Å²) in [5, 5.41) is 14.7. The number of hydrogen-bond donors (Lipinski definition) is 2. The van der Waals surface area contributed by atoms with Crippen molar-refractivity contribution in [2.45, 2.75) is 25.9 Å². The van der Waals surface area contributed by atoms with Gasteiger partial charge in [-0.2, -0.15) is 5.26 Å². The summed E-state index contributed by atoms with van der Waals surface area (Å²) in [4.78, 5) is 25.3. The third kappa shape index (κ3) is 2.73. The van der Waals surface area contributed by atoms with E-state index in [-0.39, 0.29) is 18.4 Å². The van der Waals surface area contributed by atoms with Crippen LogP contribution in [-0.2, 0) is 16.1 Å². The van der Waals surface area contributed by atoms with Crippen LogP contribution in [0.2, 0.25) is 0 Å². The first-order valence-electron chi connectivity index (χ1n) is 6.69. The molecule has 1 heterocycles. The first kappa shape index (κ1) is 15.0. The number of amides is 2. The molecule has 1 fully saturated rings. The molecule has 0 bridgehead atoms. The first-order chi connectivity index (χ1) is 9.90. The summed E-state index contributed by atoms with van der Waals surface area (Å²) in [7, 11) is 1.83. The summed E-state index contributed by atoms with van der Waals surface area (Å²) < 4.78 is 0. The second-order valence-corrected chi connectivity index (χ2v) is 5.52. The first-order valence-corrected chi connectivity index (χ1v) is 6.69. The predicted octanol–water partition coefficient (Wildman–Crippen LogP) is 0.519. The Morgan fingerprint density at radius 3 is 2.76 bits per heavy atom. The van der Waals surface area contributed by atoms with Crippen molar-refractivity contribution in [1.29, 1.82) is 5.26 Å². The van der Waals surface area contributed by atoms with Crippen LogP contribution in [0.15, 0.2) is 18.2 Å². The quantitative estimate of drug-likeness (QED) is 0.791. The second-order valence-electron chi connectivity index (χ2n) is 5.52. The Morgan fingerprint density at radius 2 is 2.14 bits per heavy atom. The fourth-order valence-electron chi connectivity index (χ4n) is 2.39. The van der Waals surface area contributed by atoms with Crippen LogP contribution >= 0.6 is 0 Å². The highest BCUT2D eigenvalue weighted by molar-refractivity contribution is 6.06. The molecule has 2 rings (SSSR count). The third-order valence-corrected chi connectivity index (χ3v) is 3.64. The summed E-state index contributed by atoms with van der Waals surface area (Å²) >= 11 is 0. The molecule has 110 valence electrons. The molecule has 0 unspecified atom stereocenters. The Labute approximate surface area is 123 Å².